The van der Waals surface area contributed by atoms with Crippen LogP contribution in [0.15, 0.2) is 24.3 Å². The summed E-state index contributed by atoms with van der Waals surface area (Å²) >= 11 is 0. The van der Waals surface area contributed by atoms with Crippen molar-refractivity contribution in [1.29, 1.82) is 0 Å². The third kappa shape index (κ3) is 1.40. The van der Waals surface area contributed by atoms with Gasteiger partial charge in [0, 0.05) is 11.8 Å². The normalized spacial score (nSPS) is 55.3. The van der Waals surface area contributed by atoms with Gasteiger partial charge in [0.1, 0.15) is 5.78 Å². The minimum Gasteiger partial charge on any atom is -0.299 e. The van der Waals surface area contributed by atoms with Gasteiger partial charge in [-0.05, 0) is 49.4 Å². The maximum atomic E-state index is 13.3. The summed E-state index contributed by atoms with van der Waals surface area (Å²) in [6, 6.07) is 0. The molecule has 0 radical (unpaired) electrons. The maximum Gasteiger partial charge on any atom is 0.158 e. The highest BCUT2D eigenvalue weighted by Gasteiger charge is 2.63. The molecular formula is C17H20O3S. The van der Waals surface area contributed by atoms with Gasteiger partial charge in [0.2, 0.25) is 0 Å². The van der Waals surface area contributed by atoms with Crippen LogP contribution in [0.1, 0.15) is 25.7 Å². The first-order valence-corrected chi connectivity index (χ1v) is 9.83. The van der Waals surface area contributed by atoms with E-state index in [0.717, 1.165) is 25.7 Å². The second kappa shape index (κ2) is 3.89. The van der Waals surface area contributed by atoms with Gasteiger partial charge in [-0.3, -0.25) is 4.79 Å². The van der Waals surface area contributed by atoms with Crippen molar-refractivity contribution in [3.63, 3.8) is 0 Å². The fourth-order valence-electron chi connectivity index (χ4n) is 5.94. The number of rotatable bonds is 0. The van der Waals surface area contributed by atoms with Crippen LogP contribution < -0.4 is 0 Å². The Labute approximate surface area is 125 Å². The van der Waals surface area contributed by atoms with E-state index in [-0.39, 0.29) is 41.3 Å². The molecule has 4 bridgehead atoms. The van der Waals surface area contributed by atoms with Gasteiger partial charge in [-0.25, -0.2) is 8.42 Å². The van der Waals surface area contributed by atoms with Crippen molar-refractivity contribution in [3.8, 4) is 0 Å². The van der Waals surface area contributed by atoms with Gasteiger partial charge < -0.3 is 0 Å². The van der Waals surface area contributed by atoms with E-state index in [9.17, 15) is 13.2 Å². The van der Waals surface area contributed by atoms with E-state index in [1.807, 2.05) is 0 Å². The van der Waals surface area contributed by atoms with Crippen LogP contribution in [-0.2, 0) is 14.6 Å². The van der Waals surface area contributed by atoms with Crippen LogP contribution in [0, 0.1) is 35.5 Å². The smallest absolute Gasteiger partial charge is 0.158 e. The molecule has 0 aromatic rings. The van der Waals surface area contributed by atoms with Gasteiger partial charge in [-0.2, -0.15) is 0 Å². The first kappa shape index (κ1) is 12.6. The molecule has 0 aromatic carbocycles. The largest absolute Gasteiger partial charge is 0.299 e. The molecule has 4 heteroatoms. The minimum absolute atomic E-state index is 0.0827. The summed E-state index contributed by atoms with van der Waals surface area (Å²) in [6.07, 6.45) is 12.3. The first-order chi connectivity index (χ1) is 10.1. The van der Waals surface area contributed by atoms with Gasteiger partial charge in [0.05, 0.1) is 10.5 Å². The monoisotopic (exact) mass is 304 g/mol. The summed E-state index contributed by atoms with van der Waals surface area (Å²) in [4.78, 5) is 13.1. The number of carbonyl (C=O) groups excluding carboxylic acids is 1. The third-order valence-electron chi connectivity index (χ3n) is 6.77. The molecule has 0 unspecified atom stereocenters. The van der Waals surface area contributed by atoms with Crippen LogP contribution in [0.25, 0.3) is 0 Å². The zero-order chi connectivity index (χ0) is 14.4. The summed E-state index contributed by atoms with van der Waals surface area (Å²) < 4.78 is 26.6. The number of sulfone groups is 1. The summed E-state index contributed by atoms with van der Waals surface area (Å²) in [6.45, 7) is 0. The predicted molar refractivity (Wildman–Crippen MR) is 79.2 cm³/mol. The maximum absolute atomic E-state index is 13.3. The molecule has 0 aromatic heterocycles. The van der Waals surface area contributed by atoms with E-state index in [1.54, 1.807) is 0 Å². The second-order valence-electron chi connectivity index (χ2n) is 7.55. The van der Waals surface area contributed by atoms with Crippen LogP contribution in [0.5, 0.6) is 0 Å². The van der Waals surface area contributed by atoms with E-state index in [1.165, 1.54) is 0 Å². The van der Waals surface area contributed by atoms with Crippen LogP contribution in [-0.4, -0.2) is 24.7 Å². The fourth-order valence-corrected chi connectivity index (χ4v) is 9.22. The summed E-state index contributed by atoms with van der Waals surface area (Å²) in [7, 11) is -3.20. The number of ketones is 1. The van der Waals surface area contributed by atoms with Crippen LogP contribution in [0.2, 0.25) is 0 Å². The molecule has 1 heterocycles. The van der Waals surface area contributed by atoms with Gasteiger partial charge in [-0.15, -0.1) is 0 Å². The van der Waals surface area contributed by atoms with Gasteiger partial charge in [0.25, 0.3) is 0 Å². The van der Waals surface area contributed by atoms with Crippen molar-refractivity contribution in [3.05, 3.63) is 24.3 Å². The highest BCUT2D eigenvalue weighted by Crippen LogP contribution is 2.56. The van der Waals surface area contributed by atoms with Crippen molar-refractivity contribution in [1.82, 2.24) is 0 Å². The van der Waals surface area contributed by atoms with E-state index in [2.05, 4.69) is 24.3 Å². The Bertz CT molecular complexity index is 624. The molecule has 0 amide bonds. The highest BCUT2D eigenvalue weighted by atomic mass is 32.2. The van der Waals surface area contributed by atoms with E-state index < -0.39 is 20.3 Å². The van der Waals surface area contributed by atoms with Crippen LogP contribution in [0.3, 0.4) is 0 Å². The minimum atomic E-state index is -3.20. The predicted octanol–water partition coefficient (Wildman–Crippen LogP) is 2.15. The summed E-state index contributed by atoms with van der Waals surface area (Å²) in [5.74, 6) is 0.303. The SMILES string of the molecule is O=C1[C@@H]2[C@@H]([C@H]3C=C[C@H]2CC3)S(=O)(=O)[C@H]2[C@H]1[C@@H]1C=C[C@@H]2CC1. The molecule has 8 atom stereocenters. The van der Waals surface area contributed by atoms with Crippen molar-refractivity contribution in [2.24, 2.45) is 35.5 Å². The van der Waals surface area contributed by atoms with E-state index in [0.29, 0.717) is 0 Å². The van der Waals surface area contributed by atoms with E-state index >= 15 is 0 Å². The number of allylic oxidation sites excluding steroid dienone is 4. The molecule has 112 valence electrons. The zero-order valence-electron chi connectivity index (χ0n) is 11.9. The molecule has 2 saturated carbocycles. The van der Waals surface area contributed by atoms with Crippen molar-refractivity contribution >= 4 is 15.6 Å². The van der Waals surface area contributed by atoms with Crippen molar-refractivity contribution < 1.29 is 13.2 Å². The van der Waals surface area contributed by atoms with Gasteiger partial charge in [0.15, 0.2) is 9.84 Å². The summed E-state index contributed by atoms with van der Waals surface area (Å²) in [5.41, 5.74) is 0. The molecular weight excluding hydrogens is 284 g/mol. The Balaban J connectivity index is 1.70. The van der Waals surface area contributed by atoms with Crippen molar-refractivity contribution in [2.45, 2.75) is 36.2 Å². The molecule has 7 aliphatic rings. The Morgan fingerprint density at radius 1 is 0.714 bits per heavy atom. The lowest BCUT2D eigenvalue weighted by atomic mass is 9.59. The number of carbonyl (C=O) groups is 1. The Kier molecular flexibility index (Phi) is 2.34. The van der Waals surface area contributed by atoms with Gasteiger partial charge >= 0.3 is 0 Å². The summed E-state index contributed by atoms with van der Waals surface area (Å²) in [5, 5.41) is -0.828. The van der Waals surface area contributed by atoms with Crippen LogP contribution >= 0.6 is 0 Å². The number of hydrogen-bond acceptors (Lipinski definition) is 3. The number of Topliss-reactive ketones (excluding diaryl/α,β-unsaturated/α-hetero) is 1. The lowest BCUT2D eigenvalue weighted by Gasteiger charge is -2.55. The Hall–Kier alpha value is -0.900. The molecule has 3 fully saturated rings. The Morgan fingerprint density at radius 3 is 1.48 bits per heavy atom. The topological polar surface area (TPSA) is 51.2 Å². The zero-order valence-corrected chi connectivity index (χ0v) is 12.7. The fraction of sp³-hybridized carbons (Fsp3) is 0.706. The molecule has 6 aliphatic carbocycles. The standard InChI is InChI=1S/C17H20O3S/c18-15-13-9-1-5-11(6-2-9)16(13)21(19,20)17-12-7-3-10(4-8-12)14(15)17/h1,3,5,7,9-14,16-17H,2,4,6,8H2/t9-,10+,11-,12+,13+,14-,16-,17-/m1/s1. The molecule has 0 N–H and O–H groups in total. The molecule has 1 aliphatic heterocycles. The molecule has 1 saturated heterocycles. The average Bonchev–Trinajstić information content (AvgIpc) is 2.53. The average molecular weight is 304 g/mol. The third-order valence-corrected chi connectivity index (χ3v) is 9.57. The quantitative estimate of drug-likeness (QED) is 0.644. The lowest BCUT2D eigenvalue weighted by molar-refractivity contribution is -0.133. The van der Waals surface area contributed by atoms with Gasteiger partial charge in [-0.1, -0.05) is 24.3 Å². The second-order valence-corrected chi connectivity index (χ2v) is 9.82. The van der Waals surface area contributed by atoms with E-state index in [4.69, 9.17) is 0 Å². The molecule has 7 rings (SSSR count). The molecule has 21 heavy (non-hydrogen) atoms. The molecule has 0 spiro atoms. The number of fused-ring (bicyclic) bond motifs is 2. The highest BCUT2D eigenvalue weighted by molar-refractivity contribution is 7.92. The Morgan fingerprint density at radius 2 is 1.10 bits per heavy atom. The van der Waals surface area contributed by atoms with Crippen molar-refractivity contribution in [2.75, 3.05) is 0 Å². The lowest BCUT2D eigenvalue weighted by Crippen LogP contribution is -2.64. The van der Waals surface area contributed by atoms with Crippen LogP contribution in [0.4, 0.5) is 0 Å². The molecule has 3 nitrogen and oxygen atoms in total. The number of hydrogen-bond donors (Lipinski definition) is 0. The first-order valence-electron chi connectivity index (χ1n) is 8.22.